The molecule has 0 unspecified atom stereocenters. The van der Waals surface area contributed by atoms with Gasteiger partial charge in [-0.15, -0.1) is 0 Å². The third kappa shape index (κ3) is 1.87. The molecule has 2 rings (SSSR count). The molecule has 1 aromatic carbocycles. The van der Waals surface area contributed by atoms with Crippen LogP contribution in [0.3, 0.4) is 0 Å². The second kappa shape index (κ2) is 3.66. The molecule has 78 valence electrons. The maximum Gasteiger partial charge on any atom is 0.323 e. The molecule has 2 aromatic rings. The standard InChI is InChI=1S/C10H7BrFNO2/c11-9-3-6-1-2-7(12)4-8(6)13(9)5-10(14)15/h1-4H,5H2,(H,14,15). The Morgan fingerprint density at radius 3 is 2.87 bits per heavy atom. The second-order valence-electron chi connectivity index (χ2n) is 3.15. The highest BCUT2D eigenvalue weighted by Crippen LogP contribution is 2.24. The largest absolute Gasteiger partial charge is 0.480 e. The summed E-state index contributed by atoms with van der Waals surface area (Å²) < 4.78 is 15.1. The average molecular weight is 272 g/mol. The number of halogens is 2. The van der Waals surface area contributed by atoms with E-state index in [1.54, 1.807) is 12.1 Å². The van der Waals surface area contributed by atoms with Gasteiger partial charge in [0.15, 0.2) is 0 Å². The van der Waals surface area contributed by atoms with E-state index < -0.39 is 5.97 Å². The first-order valence-corrected chi connectivity index (χ1v) is 5.03. The fourth-order valence-electron chi connectivity index (χ4n) is 1.49. The Morgan fingerprint density at radius 1 is 1.47 bits per heavy atom. The average Bonchev–Trinajstić information content (AvgIpc) is 2.43. The van der Waals surface area contributed by atoms with Crippen molar-refractivity contribution in [2.24, 2.45) is 0 Å². The molecule has 0 aliphatic carbocycles. The van der Waals surface area contributed by atoms with Crippen LogP contribution in [-0.4, -0.2) is 15.6 Å². The molecule has 15 heavy (non-hydrogen) atoms. The molecule has 1 N–H and O–H groups in total. The van der Waals surface area contributed by atoms with E-state index in [4.69, 9.17) is 5.11 Å². The van der Waals surface area contributed by atoms with Crippen LogP contribution >= 0.6 is 15.9 Å². The molecule has 1 heterocycles. The molecule has 1 aromatic heterocycles. The van der Waals surface area contributed by atoms with Gasteiger partial charge in [0.1, 0.15) is 12.4 Å². The van der Waals surface area contributed by atoms with Crippen LogP contribution in [0.25, 0.3) is 10.9 Å². The summed E-state index contributed by atoms with van der Waals surface area (Å²) in [5.74, 6) is -1.34. The third-order valence-electron chi connectivity index (χ3n) is 2.11. The number of hydrogen-bond donors (Lipinski definition) is 1. The molecule has 0 aliphatic heterocycles. The van der Waals surface area contributed by atoms with Crippen molar-refractivity contribution in [1.29, 1.82) is 0 Å². The lowest BCUT2D eigenvalue weighted by Crippen LogP contribution is -2.08. The van der Waals surface area contributed by atoms with Crippen LogP contribution in [0.15, 0.2) is 28.9 Å². The van der Waals surface area contributed by atoms with Crippen LogP contribution in [0.2, 0.25) is 0 Å². The van der Waals surface area contributed by atoms with E-state index in [2.05, 4.69) is 15.9 Å². The first-order chi connectivity index (χ1) is 7.08. The Labute approximate surface area is 93.3 Å². The number of aliphatic carboxylic acids is 1. The topological polar surface area (TPSA) is 42.2 Å². The van der Waals surface area contributed by atoms with Gasteiger partial charge in [-0.25, -0.2) is 4.39 Å². The normalized spacial score (nSPS) is 10.8. The number of fused-ring (bicyclic) bond motifs is 1. The van der Waals surface area contributed by atoms with Crippen LogP contribution in [-0.2, 0) is 11.3 Å². The van der Waals surface area contributed by atoms with Gasteiger partial charge in [-0.1, -0.05) is 0 Å². The Morgan fingerprint density at radius 2 is 2.20 bits per heavy atom. The number of carboxylic acids is 1. The van der Waals surface area contributed by atoms with Crippen LogP contribution in [0, 0.1) is 5.82 Å². The van der Waals surface area contributed by atoms with Crippen LogP contribution in [0.1, 0.15) is 0 Å². The Hall–Kier alpha value is -1.36. The number of nitrogens with zero attached hydrogens (tertiary/aromatic N) is 1. The van der Waals surface area contributed by atoms with Gasteiger partial charge >= 0.3 is 5.97 Å². The summed E-state index contributed by atoms with van der Waals surface area (Å²) in [5, 5.41) is 9.51. The molecule has 0 bridgehead atoms. The number of aromatic nitrogens is 1. The van der Waals surface area contributed by atoms with Gasteiger partial charge in [-0.3, -0.25) is 4.79 Å². The molecule has 0 atom stereocenters. The maximum atomic E-state index is 13.0. The lowest BCUT2D eigenvalue weighted by atomic mass is 10.2. The summed E-state index contributed by atoms with van der Waals surface area (Å²) in [6.45, 7) is -0.187. The predicted octanol–water partition coefficient (Wildman–Crippen LogP) is 2.63. The summed E-state index contributed by atoms with van der Waals surface area (Å²) in [5.41, 5.74) is 0.573. The quantitative estimate of drug-likeness (QED) is 0.913. The molecule has 0 saturated heterocycles. The molecule has 0 amide bonds. The zero-order chi connectivity index (χ0) is 11.0. The number of carbonyl (C=O) groups is 1. The predicted molar refractivity (Wildman–Crippen MR) is 57.2 cm³/mol. The van der Waals surface area contributed by atoms with Crippen molar-refractivity contribution in [1.82, 2.24) is 4.57 Å². The summed E-state index contributed by atoms with van der Waals surface area (Å²) in [6, 6.07) is 6.05. The maximum absolute atomic E-state index is 13.0. The van der Waals surface area contributed by atoms with Gasteiger partial charge in [-0.2, -0.15) is 0 Å². The molecule has 3 nitrogen and oxygen atoms in total. The fraction of sp³-hybridized carbons (Fsp3) is 0.100. The number of hydrogen-bond acceptors (Lipinski definition) is 1. The van der Waals surface area contributed by atoms with Crippen molar-refractivity contribution in [3.8, 4) is 0 Å². The lowest BCUT2D eigenvalue weighted by Gasteiger charge is -2.02. The number of rotatable bonds is 2. The molecule has 0 saturated carbocycles. The summed E-state index contributed by atoms with van der Waals surface area (Å²) >= 11 is 3.24. The van der Waals surface area contributed by atoms with Gasteiger partial charge in [0.05, 0.1) is 10.1 Å². The molecular formula is C10H7BrFNO2. The smallest absolute Gasteiger partial charge is 0.323 e. The van der Waals surface area contributed by atoms with Crippen molar-refractivity contribution in [2.75, 3.05) is 0 Å². The minimum atomic E-state index is -0.961. The van der Waals surface area contributed by atoms with E-state index in [9.17, 15) is 9.18 Å². The van der Waals surface area contributed by atoms with Crippen molar-refractivity contribution >= 4 is 32.8 Å². The first-order valence-electron chi connectivity index (χ1n) is 4.24. The minimum absolute atomic E-state index is 0.187. The minimum Gasteiger partial charge on any atom is -0.480 e. The van der Waals surface area contributed by atoms with Gasteiger partial charge in [0.2, 0.25) is 0 Å². The molecule has 0 fully saturated rings. The highest BCUT2D eigenvalue weighted by molar-refractivity contribution is 9.10. The monoisotopic (exact) mass is 271 g/mol. The zero-order valence-corrected chi connectivity index (χ0v) is 9.16. The highest BCUT2D eigenvalue weighted by atomic mass is 79.9. The van der Waals surface area contributed by atoms with E-state index in [0.29, 0.717) is 10.1 Å². The Bertz CT molecular complexity index is 535. The summed E-state index contributed by atoms with van der Waals surface area (Å²) in [7, 11) is 0. The lowest BCUT2D eigenvalue weighted by molar-refractivity contribution is -0.137. The zero-order valence-electron chi connectivity index (χ0n) is 7.58. The molecule has 0 radical (unpaired) electrons. The van der Waals surface area contributed by atoms with E-state index >= 15 is 0 Å². The van der Waals surface area contributed by atoms with E-state index in [1.807, 2.05) is 0 Å². The van der Waals surface area contributed by atoms with Gasteiger partial charge < -0.3 is 9.67 Å². The van der Waals surface area contributed by atoms with Crippen molar-refractivity contribution in [3.63, 3.8) is 0 Å². The summed E-state index contributed by atoms with van der Waals surface area (Å²) in [6.07, 6.45) is 0. The van der Waals surface area contributed by atoms with Crippen LogP contribution < -0.4 is 0 Å². The first kappa shape index (κ1) is 10.2. The number of carboxylic acid groups (broad SMARTS) is 1. The second-order valence-corrected chi connectivity index (χ2v) is 3.96. The van der Waals surface area contributed by atoms with Crippen LogP contribution in [0.4, 0.5) is 4.39 Å². The van der Waals surface area contributed by atoms with Crippen LogP contribution in [0.5, 0.6) is 0 Å². The molecular weight excluding hydrogens is 265 g/mol. The van der Waals surface area contributed by atoms with Gasteiger partial charge in [0, 0.05) is 5.39 Å². The molecule has 0 spiro atoms. The number of benzene rings is 1. The van der Waals surface area contributed by atoms with Crippen molar-refractivity contribution in [3.05, 3.63) is 34.7 Å². The molecule has 0 aliphatic rings. The van der Waals surface area contributed by atoms with Crippen molar-refractivity contribution < 1.29 is 14.3 Å². The van der Waals surface area contributed by atoms with Crippen molar-refractivity contribution in [2.45, 2.75) is 6.54 Å². The highest BCUT2D eigenvalue weighted by Gasteiger charge is 2.09. The third-order valence-corrected chi connectivity index (χ3v) is 2.77. The van der Waals surface area contributed by atoms with Gasteiger partial charge in [-0.05, 0) is 40.2 Å². The summed E-state index contributed by atoms with van der Waals surface area (Å²) in [4.78, 5) is 10.6. The van der Waals surface area contributed by atoms with E-state index in [0.717, 1.165) is 5.39 Å². The van der Waals surface area contributed by atoms with E-state index in [-0.39, 0.29) is 12.4 Å². The van der Waals surface area contributed by atoms with Gasteiger partial charge in [0.25, 0.3) is 0 Å². The Balaban J connectivity index is 2.65. The fourth-order valence-corrected chi connectivity index (χ4v) is 2.05. The Kier molecular flexibility index (Phi) is 2.48. The SMILES string of the molecule is O=C(O)Cn1c(Br)cc2ccc(F)cc21. The molecule has 5 heteroatoms. The van der Waals surface area contributed by atoms with E-state index in [1.165, 1.54) is 16.7 Å².